The largest absolute Gasteiger partial charge is 0.476 e. The maximum atomic E-state index is 12.1. The van der Waals surface area contributed by atoms with Crippen molar-refractivity contribution in [1.29, 1.82) is 0 Å². The maximum Gasteiger partial charge on any atom is 0.358 e. The maximum absolute atomic E-state index is 12.1. The van der Waals surface area contributed by atoms with Gasteiger partial charge in [0.25, 0.3) is 0 Å². The fourth-order valence-electron chi connectivity index (χ4n) is 1.91. The van der Waals surface area contributed by atoms with Crippen molar-refractivity contribution < 1.29 is 14.7 Å². The van der Waals surface area contributed by atoms with Gasteiger partial charge in [-0.1, -0.05) is 26.7 Å². The molecular weight excluding hydrogens is 246 g/mol. The molecule has 0 aromatic carbocycles. The van der Waals surface area contributed by atoms with E-state index in [1.807, 2.05) is 13.8 Å². The van der Waals surface area contributed by atoms with Gasteiger partial charge in [-0.05, 0) is 12.8 Å². The van der Waals surface area contributed by atoms with Crippen LogP contribution in [0.4, 0.5) is 5.82 Å². The summed E-state index contributed by atoms with van der Waals surface area (Å²) in [5.74, 6) is -1.49. The first-order chi connectivity index (χ1) is 9.10. The molecule has 0 spiro atoms. The third kappa shape index (κ3) is 4.31. The first kappa shape index (κ1) is 15.1. The lowest BCUT2D eigenvalue weighted by Gasteiger charge is -2.15. The van der Waals surface area contributed by atoms with Crippen LogP contribution >= 0.6 is 0 Å². The van der Waals surface area contributed by atoms with Crippen molar-refractivity contribution in [1.82, 2.24) is 9.97 Å². The minimum atomic E-state index is -1.20. The molecule has 0 bridgehead atoms. The van der Waals surface area contributed by atoms with Crippen LogP contribution in [0, 0.1) is 5.92 Å². The molecule has 1 amide bonds. The molecule has 0 atom stereocenters. The number of amides is 1. The highest BCUT2D eigenvalue weighted by atomic mass is 16.4. The van der Waals surface area contributed by atoms with Crippen molar-refractivity contribution in [2.24, 2.45) is 5.92 Å². The summed E-state index contributed by atoms with van der Waals surface area (Å²) in [6.45, 7) is 4.03. The number of nitrogens with one attached hydrogen (secondary N) is 1. The van der Waals surface area contributed by atoms with Crippen LogP contribution in [0.15, 0.2) is 12.4 Å². The molecule has 0 aliphatic rings. The molecule has 6 heteroatoms. The lowest BCUT2D eigenvalue weighted by Crippen LogP contribution is -2.24. The van der Waals surface area contributed by atoms with E-state index in [4.69, 9.17) is 5.11 Å². The molecule has 0 radical (unpaired) electrons. The fraction of sp³-hybridized carbons (Fsp3) is 0.538. The monoisotopic (exact) mass is 265 g/mol. The van der Waals surface area contributed by atoms with Gasteiger partial charge in [-0.15, -0.1) is 0 Å². The third-order valence-electron chi connectivity index (χ3n) is 2.79. The standard InChI is InChI=1S/C13H19N3O3/c1-3-5-9(6-4-2)12(17)16-11-10(13(18)19)14-7-8-15-11/h7-9H,3-6H2,1-2H3,(H,18,19)(H,15,16,17). The van der Waals surface area contributed by atoms with Gasteiger partial charge in [0, 0.05) is 18.3 Å². The normalized spacial score (nSPS) is 10.5. The van der Waals surface area contributed by atoms with Crippen LogP contribution in [-0.4, -0.2) is 27.0 Å². The molecule has 2 N–H and O–H groups in total. The Morgan fingerprint density at radius 2 is 1.79 bits per heavy atom. The van der Waals surface area contributed by atoms with E-state index in [1.54, 1.807) is 0 Å². The molecule has 1 rings (SSSR count). The van der Waals surface area contributed by atoms with Crippen LogP contribution in [-0.2, 0) is 4.79 Å². The predicted octanol–water partition coefficient (Wildman–Crippen LogP) is 2.33. The highest BCUT2D eigenvalue weighted by Crippen LogP contribution is 2.17. The number of anilines is 1. The van der Waals surface area contributed by atoms with Gasteiger partial charge in [0.2, 0.25) is 5.91 Å². The topological polar surface area (TPSA) is 92.2 Å². The van der Waals surface area contributed by atoms with E-state index in [-0.39, 0.29) is 23.3 Å². The van der Waals surface area contributed by atoms with Crippen LogP contribution in [0.5, 0.6) is 0 Å². The minimum Gasteiger partial charge on any atom is -0.476 e. The number of carboxylic acids is 1. The van der Waals surface area contributed by atoms with Gasteiger partial charge in [-0.25, -0.2) is 14.8 Å². The summed E-state index contributed by atoms with van der Waals surface area (Å²) in [6, 6.07) is 0. The zero-order valence-electron chi connectivity index (χ0n) is 11.2. The van der Waals surface area contributed by atoms with E-state index < -0.39 is 5.97 Å². The second-order valence-electron chi connectivity index (χ2n) is 4.32. The minimum absolute atomic E-state index is 0.0113. The summed E-state index contributed by atoms with van der Waals surface area (Å²) in [4.78, 5) is 30.6. The van der Waals surface area contributed by atoms with Gasteiger partial charge in [0.05, 0.1) is 0 Å². The number of hydrogen-bond acceptors (Lipinski definition) is 4. The van der Waals surface area contributed by atoms with Gasteiger partial charge in [-0.2, -0.15) is 0 Å². The Labute approximate surface area is 112 Å². The van der Waals surface area contributed by atoms with Crippen LogP contribution < -0.4 is 5.32 Å². The third-order valence-corrected chi connectivity index (χ3v) is 2.79. The van der Waals surface area contributed by atoms with Crippen LogP contribution in [0.1, 0.15) is 50.0 Å². The second kappa shape index (κ2) is 7.45. The average Bonchev–Trinajstić information content (AvgIpc) is 2.38. The molecule has 1 heterocycles. The van der Waals surface area contributed by atoms with E-state index in [1.165, 1.54) is 12.4 Å². The Bertz CT molecular complexity index is 443. The molecule has 0 unspecified atom stereocenters. The van der Waals surface area contributed by atoms with E-state index in [9.17, 15) is 9.59 Å². The van der Waals surface area contributed by atoms with Crippen molar-refractivity contribution in [3.63, 3.8) is 0 Å². The van der Waals surface area contributed by atoms with Crippen LogP contribution in [0.3, 0.4) is 0 Å². The van der Waals surface area contributed by atoms with E-state index in [0.29, 0.717) is 0 Å². The molecule has 1 aromatic heterocycles. The predicted molar refractivity (Wildman–Crippen MR) is 70.9 cm³/mol. The smallest absolute Gasteiger partial charge is 0.358 e. The summed E-state index contributed by atoms with van der Waals surface area (Å²) in [6.07, 6.45) is 6.02. The molecule has 104 valence electrons. The van der Waals surface area contributed by atoms with Gasteiger partial charge in [-0.3, -0.25) is 4.79 Å². The van der Waals surface area contributed by atoms with Crippen molar-refractivity contribution >= 4 is 17.7 Å². The lowest BCUT2D eigenvalue weighted by atomic mass is 9.97. The SMILES string of the molecule is CCCC(CCC)C(=O)Nc1nccnc1C(=O)O. The first-order valence-electron chi connectivity index (χ1n) is 6.45. The zero-order valence-corrected chi connectivity index (χ0v) is 11.2. The Hall–Kier alpha value is -1.98. The van der Waals surface area contributed by atoms with Crippen molar-refractivity contribution in [3.05, 3.63) is 18.1 Å². The Kier molecular flexibility index (Phi) is 5.92. The van der Waals surface area contributed by atoms with E-state index in [2.05, 4.69) is 15.3 Å². The number of carbonyl (C=O) groups is 2. The average molecular weight is 265 g/mol. The van der Waals surface area contributed by atoms with Crippen LogP contribution in [0.2, 0.25) is 0 Å². The Morgan fingerprint density at radius 3 is 2.32 bits per heavy atom. The molecule has 0 saturated carbocycles. The lowest BCUT2D eigenvalue weighted by molar-refractivity contribution is -0.120. The number of aromatic nitrogens is 2. The first-order valence-corrected chi connectivity index (χ1v) is 6.45. The number of rotatable bonds is 7. The molecule has 1 aromatic rings. The van der Waals surface area contributed by atoms with Gasteiger partial charge < -0.3 is 10.4 Å². The zero-order chi connectivity index (χ0) is 14.3. The fourth-order valence-corrected chi connectivity index (χ4v) is 1.91. The van der Waals surface area contributed by atoms with E-state index in [0.717, 1.165) is 25.7 Å². The Morgan fingerprint density at radius 1 is 1.21 bits per heavy atom. The summed E-state index contributed by atoms with van der Waals surface area (Å²) < 4.78 is 0. The van der Waals surface area contributed by atoms with Crippen molar-refractivity contribution in [3.8, 4) is 0 Å². The molecule has 0 aliphatic carbocycles. The molecule has 0 aliphatic heterocycles. The highest BCUT2D eigenvalue weighted by Gasteiger charge is 2.20. The highest BCUT2D eigenvalue weighted by molar-refractivity contribution is 5.98. The van der Waals surface area contributed by atoms with Crippen molar-refractivity contribution in [2.45, 2.75) is 39.5 Å². The quantitative estimate of drug-likeness (QED) is 0.789. The van der Waals surface area contributed by atoms with Gasteiger partial charge in [0.1, 0.15) is 0 Å². The van der Waals surface area contributed by atoms with Crippen molar-refractivity contribution in [2.75, 3.05) is 5.32 Å². The summed E-state index contributed by atoms with van der Waals surface area (Å²) in [5, 5.41) is 11.5. The number of nitrogens with zero attached hydrogens (tertiary/aromatic N) is 2. The Balaban J connectivity index is 2.83. The number of hydrogen-bond donors (Lipinski definition) is 2. The van der Waals surface area contributed by atoms with E-state index >= 15 is 0 Å². The molecular formula is C13H19N3O3. The molecule has 6 nitrogen and oxygen atoms in total. The number of aromatic carboxylic acids is 1. The van der Waals surface area contributed by atoms with Gasteiger partial charge in [0.15, 0.2) is 11.5 Å². The molecule has 19 heavy (non-hydrogen) atoms. The summed E-state index contributed by atoms with van der Waals surface area (Å²) in [7, 11) is 0. The molecule has 0 saturated heterocycles. The number of carbonyl (C=O) groups excluding carboxylic acids is 1. The summed E-state index contributed by atoms with van der Waals surface area (Å²) in [5.41, 5.74) is -0.234. The van der Waals surface area contributed by atoms with Crippen LogP contribution in [0.25, 0.3) is 0 Å². The van der Waals surface area contributed by atoms with Gasteiger partial charge >= 0.3 is 5.97 Å². The second-order valence-corrected chi connectivity index (χ2v) is 4.32. The molecule has 0 fully saturated rings. The summed E-state index contributed by atoms with van der Waals surface area (Å²) >= 11 is 0. The number of carboxylic acid groups (broad SMARTS) is 1.